The number of hydrogen-bond donors (Lipinski definition) is 1. The van der Waals surface area contributed by atoms with Gasteiger partial charge in [0.25, 0.3) is 10.0 Å². The summed E-state index contributed by atoms with van der Waals surface area (Å²) in [5, 5.41) is 11.7. The zero-order valence-electron chi connectivity index (χ0n) is 19.6. The molecule has 2 saturated heterocycles. The van der Waals surface area contributed by atoms with E-state index >= 15 is 0 Å². The number of hydrogen-bond acceptors (Lipinski definition) is 7. The molecule has 194 valence electrons. The van der Waals surface area contributed by atoms with Crippen LogP contribution in [0.4, 0.5) is 18.9 Å². The Labute approximate surface area is 207 Å². The van der Waals surface area contributed by atoms with Gasteiger partial charge >= 0.3 is 6.18 Å². The third-order valence-corrected chi connectivity index (χ3v) is 9.88. The number of rotatable bonds is 6. The van der Waals surface area contributed by atoms with Crippen molar-refractivity contribution in [2.24, 2.45) is 0 Å². The number of ether oxygens (including phenoxy) is 1. The van der Waals surface area contributed by atoms with Crippen LogP contribution in [0.5, 0.6) is 0 Å². The van der Waals surface area contributed by atoms with Gasteiger partial charge in [0, 0.05) is 45.0 Å². The van der Waals surface area contributed by atoms with E-state index in [9.17, 15) is 26.7 Å². The molecule has 1 aromatic carbocycles. The van der Waals surface area contributed by atoms with Crippen molar-refractivity contribution >= 4 is 27.0 Å². The smallest absolute Gasteiger partial charge is 0.376 e. The number of halogens is 3. The first-order valence-electron chi connectivity index (χ1n) is 11.4. The summed E-state index contributed by atoms with van der Waals surface area (Å²) in [5.74, 6) is 0. The number of sulfonamides is 1. The summed E-state index contributed by atoms with van der Waals surface area (Å²) in [6.07, 6.45) is -4.73. The van der Waals surface area contributed by atoms with Gasteiger partial charge in [-0.2, -0.15) is 17.5 Å². The molecular formula is C23H30F3N3O4S2. The highest BCUT2D eigenvalue weighted by molar-refractivity contribution is 7.91. The van der Waals surface area contributed by atoms with Crippen LogP contribution < -0.4 is 4.90 Å². The topological polar surface area (TPSA) is 73.3 Å². The Morgan fingerprint density at radius 1 is 1.11 bits per heavy atom. The lowest BCUT2D eigenvalue weighted by atomic mass is 9.95. The van der Waals surface area contributed by atoms with Crippen molar-refractivity contribution in [2.75, 3.05) is 50.8 Å². The second-order valence-electron chi connectivity index (χ2n) is 9.20. The minimum absolute atomic E-state index is 0.0654. The monoisotopic (exact) mass is 533 g/mol. The molecule has 0 aliphatic carbocycles. The molecule has 0 saturated carbocycles. The minimum Gasteiger partial charge on any atom is -0.376 e. The van der Waals surface area contributed by atoms with Gasteiger partial charge in [0.1, 0.15) is 4.21 Å². The number of piperazine rings is 1. The lowest BCUT2D eigenvalue weighted by Gasteiger charge is -2.45. The molecule has 0 amide bonds. The molecule has 0 unspecified atom stereocenters. The third kappa shape index (κ3) is 5.52. The number of thiophene rings is 1. The zero-order chi connectivity index (χ0) is 25.4. The second-order valence-corrected chi connectivity index (χ2v) is 12.3. The molecule has 35 heavy (non-hydrogen) atoms. The fourth-order valence-electron chi connectivity index (χ4n) is 4.57. The van der Waals surface area contributed by atoms with Gasteiger partial charge in [-0.25, -0.2) is 8.42 Å². The van der Waals surface area contributed by atoms with Crippen molar-refractivity contribution in [3.8, 4) is 0 Å². The molecule has 2 aliphatic heterocycles. The molecule has 12 heteroatoms. The largest absolute Gasteiger partial charge is 0.421 e. The van der Waals surface area contributed by atoms with Crippen LogP contribution in [0.3, 0.4) is 0 Å². The van der Waals surface area contributed by atoms with E-state index in [-0.39, 0.29) is 30.8 Å². The number of alkyl halides is 3. The lowest BCUT2D eigenvalue weighted by molar-refractivity contribution is -0.258. The van der Waals surface area contributed by atoms with E-state index in [1.165, 1.54) is 27.8 Å². The number of anilines is 1. The van der Waals surface area contributed by atoms with Crippen molar-refractivity contribution in [3.05, 3.63) is 47.3 Å². The molecule has 0 spiro atoms. The second kappa shape index (κ2) is 9.98. The van der Waals surface area contributed by atoms with Crippen LogP contribution in [0.2, 0.25) is 0 Å². The van der Waals surface area contributed by atoms with Gasteiger partial charge in [0.15, 0.2) is 5.60 Å². The number of aliphatic hydroxyl groups is 1. The fourth-order valence-corrected chi connectivity index (χ4v) is 7.19. The van der Waals surface area contributed by atoms with E-state index in [0.29, 0.717) is 29.6 Å². The number of morpholine rings is 1. The molecule has 1 N–H and O–H groups in total. The Morgan fingerprint density at radius 3 is 2.43 bits per heavy atom. The van der Waals surface area contributed by atoms with Gasteiger partial charge in [-0.3, -0.25) is 4.90 Å². The van der Waals surface area contributed by atoms with Crippen molar-refractivity contribution in [1.82, 2.24) is 9.21 Å². The van der Waals surface area contributed by atoms with E-state index < -0.39 is 21.8 Å². The van der Waals surface area contributed by atoms with Crippen LogP contribution in [0, 0.1) is 0 Å². The number of benzene rings is 1. The van der Waals surface area contributed by atoms with E-state index in [1.807, 2.05) is 11.8 Å². The first-order valence-corrected chi connectivity index (χ1v) is 13.8. The van der Waals surface area contributed by atoms with Crippen LogP contribution in [0.1, 0.15) is 19.4 Å². The molecule has 3 heterocycles. The van der Waals surface area contributed by atoms with Crippen molar-refractivity contribution < 1.29 is 31.4 Å². The summed E-state index contributed by atoms with van der Waals surface area (Å²) < 4.78 is 73.6. The third-order valence-electron chi connectivity index (χ3n) is 6.64. The van der Waals surface area contributed by atoms with Gasteiger partial charge in [-0.1, -0.05) is 18.2 Å². The maximum Gasteiger partial charge on any atom is 0.421 e. The Hall–Kier alpha value is -1.70. The predicted molar refractivity (Wildman–Crippen MR) is 128 cm³/mol. The first kappa shape index (κ1) is 26.4. The Bertz CT molecular complexity index is 1090. The van der Waals surface area contributed by atoms with Crippen LogP contribution >= 0.6 is 11.3 Å². The molecule has 0 radical (unpaired) electrons. The summed E-state index contributed by atoms with van der Waals surface area (Å²) in [6.45, 7) is 6.26. The van der Waals surface area contributed by atoms with Gasteiger partial charge in [0.05, 0.1) is 18.8 Å². The van der Waals surface area contributed by atoms with E-state index in [1.54, 1.807) is 29.6 Å². The van der Waals surface area contributed by atoms with Crippen molar-refractivity contribution in [3.63, 3.8) is 0 Å². The Morgan fingerprint density at radius 2 is 1.83 bits per heavy atom. The summed E-state index contributed by atoms with van der Waals surface area (Å²) in [5.41, 5.74) is -2.51. The number of nitrogens with zero attached hydrogens (tertiary/aromatic N) is 3. The van der Waals surface area contributed by atoms with E-state index in [2.05, 4.69) is 4.90 Å². The molecule has 1 aromatic heterocycles. The normalized spacial score (nSPS) is 24.9. The summed E-state index contributed by atoms with van der Waals surface area (Å²) in [4.78, 5) is 4.28. The van der Waals surface area contributed by atoms with Gasteiger partial charge < -0.3 is 14.7 Å². The molecule has 2 aromatic rings. The molecule has 0 bridgehead atoms. The highest BCUT2D eigenvalue weighted by Crippen LogP contribution is 2.39. The van der Waals surface area contributed by atoms with Crippen LogP contribution in [-0.4, -0.2) is 86.9 Å². The van der Waals surface area contributed by atoms with Crippen molar-refractivity contribution in [2.45, 2.75) is 42.0 Å². The maximum atomic E-state index is 13.3. The highest BCUT2D eigenvalue weighted by Gasteiger charge is 2.51. The molecule has 4 rings (SSSR count). The summed E-state index contributed by atoms with van der Waals surface area (Å²) in [6, 6.07) is 8.78. The average Bonchev–Trinajstić information content (AvgIpc) is 3.34. The average molecular weight is 534 g/mol. The summed E-state index contributed by atoms with van der Waals surface area (Å²) in [7, 11) is -3.63. The Kier molecular flexibility index (Phi) is 7.52. The standard InChI is InChI=1S/C23H30F3N3O4S2/c1-17-14-27(11-12-33-17)15-20-16-28(35(31,32)21-4-3-13-34-21)9-10-29(20)19-7-5-18(6-8-19)22(2,30)23(24,25)26/h3-8,13,17,20,30H,9-12,14-16H2,1-2H3/t17-,20+,22+/m0/s1. The molecule has 7 nitrogen and oxygen atoms in total. The SMILES string of the molecule is C[C@H]1CN(C[C@@H]2CN(S(=O)(=O)c3cccs3)CCN2c2ccc([C@@](C)(O)C(F)(F)F)cc2)CCO1. The Balaban J connectivity index is 1.59. The first-order chi connectivity index (χ1) is 16.4. The van der Waals surface area contributed by atoms with E-state index in [0.717, 1.165) is 20.0 Å². The molecule has 2 fully saturated rings. The highest BCUT2D eigenvalue weighted by atomic mass is 32.2. The predicted octanol–water partition coefficient (Wildman–Crippen LogP) is 3.12. The molecule has 3 atom stereocenters. The van der Waals surface area contributed by atoms with Crippen LogP contribution in [0.25, 0.3) is 0 Å². The van der Waals surface area contributed by atoms with Crippen molar-refractivity contribution in [1.29, 1.82) is 0 Å². The fraction of sp³-hybridized carbons (Fsp3) is 0.565. The molecule has 2 aliphatic rings. The van der Waals surface area contributed by atoms with Gasteiger partial charge in [-0.15, -0.1) is 11.3 Å². The van der Waals surface area contributed by atoms with Gasteiger partial charge in [0.2, 0.25) is 0 Å². The minimum atomic E-state index is -4.80. The lowest BCUT2D eigenvalue weighted by Crippen LogP contribution is -2.59. The van der Waals surface area contributed by atoms with Crippen LogP contribution in [-0.2, 0) is 20.4 Å². The molecular weight excluding hydrogens is 503 g/mol. The van der Waals surface area contributed by atoms with Gasteiger partial charge in [-0.05, 0) is 43.0 Å². The van der Waals surface area contributed by atoms with Crippen LogP contribution in [0.15, 0.2) is 46.0 Å². The maximum absolute atomic E-state index is 13.3. The quantitative estimate of drug-likeness (QED) is 0.615. The zero-order valence-corrected chi connectivity index (χ0v) is 21.2. The van der Waals surface area contributed by atoms with E-state index in [4.69, 9.17) is 4.74 Å². The summed E-state index contributed by atoms with van der Waals surface area (Å²) >= 11 is 1.18.